The molecule has 0 aliphatic heterocycles. The van der Waals surface area contributed by atoms with Gasteiger partial charge in [0.1, 0.15) is 0 Å². The molecule has 0 fully saturated rings. The molecule has 0 aliphatic carbocycles. The van der Waals surface area contributed by atoms with Crippen molar-refractivity contribution in [1.29, 1.82) is 0 Å². The van der Waals surface area contributed by atoms with Gasteiger partial charge in [0.2, 0.25) is 0 Å². The molecular formula is C10H22O3S. The summed E-state index contributed by atoms with van der Waals surface area (Å²) < 4.78 is 10.8. The van der Waals surface area contributed by atoms with Crippen LogP contribution in [0.25, 0.3) is 0 Å². The van der Waals surface area contributed by atoms with Gasteiger partial charge in [-0.1, -0.05) is 6.92 Å². The van der Waals surface area contributed by atoms with Gasteiger partial charge in [-0.2, -0.15) is 11.8 Å². The van der Waals surface area contributed by atoms with Crippen molar-refractivity contribution in [2.45, 2.75) is 45.3 Å². The van der Waals surface area contributed by atoms with Gasteiger partial charge in [-0.3, -0.25) is 0 Å². The Balaban J connectivity index is 3.68. The van der Waals surface area contributed by atoms with Crippen LogP contribution >= 0.6 is 11.8 Å². The molecule has 0 amide bonds. The van der Waals surface area contributed by atoms with E-state index < -0.39 is 0 Å². The molecular weight excluding hydrogens is 200 g/mol. The molecule has 0 bridgehead atoms. The molecule has 3 nitrogen and oxygen atoms in total. The van der Waals surface area contributed by atoms with Crippen LogP contribution in [-0.2, 0) is 9.47 Å². The van der Waals surface area contributed by atoms with Crippen molar-refractivity contribution in [3.05, 3.63) is 0 Å². The molecule has 0 heterocycles. The lowest BCUT2D eigenvalue weighted by Crippen LogP contribution is -2.24. The van der Waals surface area contributed by atoms with Crippen LogP contribution in [0.3, 0.4) is 0 Å². The van der Waals surface area contributed by atoms with E-state index in [2.05, 4.69) is 0 Å². The van der Waals surface area contributed by atoms with Crippen molar-refractivity contribution >= 4 is 11.8 Å². The number of thioether (sulfide) groups is 1. The van der Waals surface area contributed by atoms with Crippen molar-refractivity contribution in [1.82, 2.24) is 0 Å². The molecule has 0 rings (SSSR count). The van der Waals surface area contributed by atoms with Crippen LogP contribution < -0.4 is 0 Å². The molecule has 0 saturated heterocycles. The summed E-state index contributed by atoms with van der Waals surface area (Å²) >= 11 is 1.67. The molecule has 14 heavy (non-hydrogen) atoms. The predicted molar refractivity (Wildman–Crippen MR) is 60.6 cm³/mol. The smallest absolute Gasteiger partial charge is 0.166 e. The first-order valence-electron chi connectivity index (χ1n) is 5.14. The summed E-state index contributed by atoms with van der Waals surface area (Å²) in [5, 5.41) is 9.51. The summed E-state index contributed by atoms with van der Waals surface area (Å²) in [6.07, 6.45) is -0.430. The van der Waals surface area contributed by atoms with Gasteiger partial charge < -0.3 is 14.6 Å². The molecule has 0 aromatic carbocycles. The Morgan fingerprint density at radius 3 is 2.00 bits per heavy atom. The number of rotatable bonds is 8. The molecule has 86 valence electrons. The third-order valence-corrected chi connectivity index (χ3v) is 3.26. The summed E-state index contributed by atoms with van der Waals surface area (Å²) in [4.78, 5) is 0. The normalized spacial score (nSPS) is 15.9. The van der Waals surface area contributed by atoms with E-state index in [0.29, 0.717) is 13.2 Å². The second-order valence-corrected chi connectivity index (χ2v) is 4.53. The molecule has 2 atom stereocenters. The highest BCUT2D eigenvalue weighted by Gasteiger charge is 2.14. The van der Waals surface area contributed by atoms with Gasteiger partial charge in [-0.05, 0) is 20.8 Å². The van der Waals surface area contributed by atoms with Gasteiger partial charge in [0.25, 0.3) is 0 Å². The Morgan fingerprint density at radius 2 is 1.64 bits per heavy atom. The summed E-state index contributed by atoms with van der Waals surface area (Å²) in [6, 6.07) is 0. The lowest BCUT2D eigenvalue weighted by Gasteiger charge is -2.20. The van der Waals surface area contributed by atoms with Crippen LogP contribution in [0.2, 0.25) is 0 Å². The fourth-order valence-corrected chi connectivity index (χ4v) is 1.82. The number of ether oxygens (including phenoxy) is 2. The number of hydrogen-bond donors (Lipinski definition) is 1. The standard InChI is InChI=1S/C10H22O3S/c1-5-12-10(13-6-2)7-14-9(4)8(3)11/h8-11H,5-7H2,1-4H3. The molecule has 0 radical (unpaired) electrons. The van der Waals surface area contributed by atoms with Crippen LogP contribution in [0.4, 0.5) is 0 Å². The topological polar surface area (TPSA) is 38.7 Å². The zero-order valence-electron chi connectivity index (χ0n) is 9.53. The van der Waals surface area contributed by atoms with Crippen LogP contribution in [0.1, 0.15) is 27.7 Å². The van der Waals surface area contributed by atoms with Gasteiger partial charge in [0.15, 0.2) is 6.29 Å². The average molecular weight is 222 g/mol. The summed E-state index contributed by atoms with van der Waals surface area (Å²) in [5.74, 6) is 0.772. The van der Waals surface area contributed by atoms with Crippen LogP contribution in [-0.4, -0.2) is 41.7 Å². The quantitative estimate of drug-likeness (QED) is 0.637. The Labute approximate surface area is 91.2 Å². The van der Waals surface area contributed by atoms with E-state index in [1.165, 1.54) is 0 Å². The summed E-state index contributed by atoms with van der Waals surface area (Å²) in [7, 11) is 0. The molecule has 4 heteroatoms. The second kappa shape index (κ2) is 8.53. The fourth-order valence-electron chi connectivity index (χ4n) is 0.886. The minimum atomic E-state index is -0.288. The highest BCUT2D eigenvalue weighted by Crippen LogP contribution is 2.16. The zero-order chi connectivity index (χ0) is 11.0. The van der Waals surface area contributed by atoms with Crippen LogP contribution in [0, 0.1) is 0 Å². The minimum Gasteiger partial charge on any atom is -0.392 e. The van der Waals surface area contributed by atoms with E-state index in [1.807, 2.05) is 20.8 Å². The van der Waals surface area contributed by atoms with Crippen molar-refractivity contribution in [2.24, 2.45) is 0 Å². The highest BCUT2D eigenvalue weighted by molar-refractivity contribution is 7.99. The van der Waals surface area contributed by atoms with E-state index >= 15 is 0 Å². The number of hydrogen-bond acceptors (Lipinski definition) is 4. The fraction of sp³-hybridized carbons (Fsp3) is 1.00. The van der Waals surface area contributed by atoms with E-state index in [0.717, 1.165) is 5.75 Å². The van der Waals surface area contributed by atoms with Gasteiger partial charge >= 0.3 is 0 Å². The maximum atomic E-state index is 9.29. The Bertz CT molecular complexity index is 125. The van der Waals surface area contributed by atoms with Crippen molar-refractivity contribution in [2.75, 3.05) is 19.0 Å². The maximum Gasteiger partial charge on any atom is 0.166 e. The number of aliphatic hydroxyl groups is 1. The van der Waals surface area contributed by atoms with Gasteiger partial charge in [-0.15, -0.1) is 0 Å². The zero-order valence-corrected chi connectivity index (χ0v) is 10.3. The first-order valence-corrected chi connectivity index (χ1v) is 6.19. The van der Waals surface area contributed by atoms with E-state index in [9.17, 15) is 5.11 Å². The average Bonchev–Trinajstić information content (AvgIpc) is 2.14. The largest absolute Gasteiger partial charge is 0.392 e. The van der Waals surface area contributed by atoms with Crippen LogP contribution in [0.5, 0.6) is 0 Å². The van der Waals surface area contributed by atoms with E-state index in [4.69, 9.17) is 9.47 Å². The Kier molecular flexibility index (Phi) is 8.67. The molecule has 1 N–H and O–H groups in total. The molecule has 0 saturated carbocycles. The number of aliphatic hydroxyl groups excluding tert-OH is 1. The van der Waals surface area contributed by atoms with Gasteiger partial charge in [-0.25, -0.2) is 0 Å². The lowest BCUT2D eigenvalue weighted by atomic mass is 10.3. The first-order chi connectivity index (χ1) is 6.61. The lowest BCUT2D eigenvalue weighted by molar-refractivity contribution is -0.120. The third-order valence-electron chi connectivity index (χ3n) is 1.88. The van der Waals surface area contributed by atoms with Crippen molar-refractivity contribution < 1.29 is 14.6 Å². The van der Waals surface area contributed by atoms with Crippen molar-refractivity contribution in [3.63, 3.8) is 0 Å². The summed E-state index contributed by atoms with van der Waals surface area (Å²) in [6.45, 7) is 9.03. The van der Waals surface area contributed by atoms with Crippen molar-refractivity contribution in [3.8, 4) is 0 Å². The molecule has 0 aromatic rings. The minimum absolute atomic E-state index is 0.142. The predicted octanol–water partition coefficient (Wildman–Crippen LogP) is 1.89. The molecule has 2 unspecified atom stereocenters. The van der Waals surface area contributed by atoms with Gasteiger partial charge in [0, 0.05) is 24.2 Å². The summed E-state index contributed by atoms with van der Waals surface area (Å²) in [5.41, 5.74) is 0. The highest BCUT2D eigenvalue weighted by atomic mass is 32.2. The Morgan fingerprint density at radius 1 is 1.14 bits per heavy atom. The van der Waals surface area contributed by atoms with E-state index in [1.54, 1.807) is 18.7 Å². The molecule has 0 spiro atoms. The molecule has 0 aromatic heterocycles. The monoisotopic (exact) mass is 222 g/mol. The van der Waals surface area contributed by atoms with Gasteiger partial charge in [0.05, 0.1) is 6.10 Å². The third kappa shape index (κ3) is 6.65. The second-order valence-electron chi connectivity index (χ2n) is 3.12. The van der Waals surface area contributed by atoms with Crippen LogP contribution in [0.15, 0.2) is 0 Å². The first kappa shape index (κ1) is 14.2. The SMILES string of the molecule is CCOC(CSC(C)C(C)O)OCC. The maximum absolute atomic E-state index is 9.29. The Hall–Kier alpha value is 0.230. The van der Waals surface area contributed by atoms with E-state index in [-0.39, 0.29) is 17.6 Å². The molecule has 0 aliphatic rings.